The molecule has 1 heterocycles. The van der Waals surface area contributed by atoms with Gasteiger partial charge in [-0.3, -0.25) is 4.90 Å². The van der Waals surface area contributed by atoms with Crippen LogP contribution in [0, 0.1) is 6.54 Å². The summed E-state index contributed by atoms with van der Waals surface area (Å²) in [5, 5.41) is 0. The van der Waals surface area contributed by atoms with E-state index >= 15 is 0 Å². The highest BCUT2D eigenvalue weighted by Crippen LogP contribution is 2.13. The van der Waals surface area contributed by atoms with Crippen LogP contribution >= 0.6 is 0 Å². The highest BCUT2D eigenvalue weighted by Gasteiger charge is 2.20. The third kappa shape index (κ3) is 0.716. The zero-order chi connectivity index (χ0) is 4.57. The molecule has 1 rings (SSSR count). The fraction of sp³-hybridized carbons (Fsp3) is 0.800. The van der Waals surface area contributed by atoms with E-state index in [0.29, 0.717) is 0 Å². The quantitative estimate of drug-likeness (QED) is 0.426. The fourth-order valence-electron chi connectivity index (χ4n) is 0.469. The van der Waals surface area contributed by atoms with E-state index in [-0.39, 0.29) is 0 Å². The Labute approximate surface area is 39.0 Å². The van der Waals surface area contributed by atoms with Crippen molar-refractivity contribution < 1.29 is 0 Å². The molecular formula is C5H10N. The fourth-order valence-corrected chi connectivity index (χ4v) is 0.469. The van der Waals surface area contributed by atoms with E-state index < -0.39 is 0 Å². The van der Waals surface area contributed by atoms with E-state index in [4.69, 9.17) is 0 Å². The third-order valence-electron chi connectivity index (χ3n) is 1.06. The van der Waals surface area contributed by atoms with Gasteiger partial charge in [-0.15, -0.1) is 0 Å². The maximum absolute atomic E-state index is 2.29. The van der Waals surface area contributed by atoms with Crippen LogP contribution in [0.1, 0.15) is 13.8 Å². The van der Waals surface area contributed by atoms with Crippen molar-refractivity contribution in [3.05, 3.63) is 6.54 Å². The van der Waals surface area contributed by atoms with Crippen molar-refractivity contribution in [2.45, 2.75) is 19.9 Å². The molecule has 1 fully saturated rings. The molecule has 0 amide bonds. The van der Waals surface area contributed by atoms with Crippen LogP contribution in [0.3, 0.4) is 0 Å². The van der Waals surface area contributed by atoms with Crippen LogP contribution in [-0.2, 0) is 0 Å². The largest absolute Gasteiger partial charge is 0.293 e. The van der Waals surface area contributed by atoms with Crippen LogP contribution in [0.25, 0.3) is 0 Å². The first kappa shape index (κ1) is 4.13. The Hall–Kier alpha value is -0.0400. The van der Waals surface area contributed by atoms with Gasteiger partial charge in [0.2, 0.25) is 0 Å². The molecule has 35 valence electrons. The minimum Gasteiger partial charge on any atom is -0.293 e. The van der Waals surface area contributed by atoms with Gasteiger partial charge in [-0.25, -0.2) is 0 Å². The van der Waals surface area contributed by atoms with Crippen molar-refractivity contribution in [2.75, 3.05) is 6.54 Å². The van der Waals surface area contributed by atoms with Gasteiger partial charge >= 0.3 is 0 Å². The van der Waals surface area contributed by atoms with Gasteiger partial charge in [0.05, 0.1) is 0 Å². The van der Waals surface area contributed by atoms with Crippen molar-refractivity contribution in [1.82, 2.24) is 4.90 Å². The molecule has 0 N–H and O–H groups in total. The summed E-state index contributed by atoms with van der Waals surface area (Å²) in [4.78, 5) is 2.29. The molecule has 1 heteroatoms. The van der Waals surface area contributed by atoms with Crippen LogP contribution in [-0.4, -0.2) is 17.5 Å². The summed E-state index contributed by atoms with van der Waals surface area (Å²) >= 11 is 0. The zero-order valence-corrected chi connectivity index (χ0v) is 4.31. The van der Waals surface area contributed by atoms with Crippen molar-refractivity contribution in [3.8, 4) is 0 Å². The van der Waals surface area contributed by atoms with Crippen molar-refractivity contribution >= 4 is 0 Å². The Morgan fingerprint density at radius 3 is 2.17 bits per heavy atom. The maximum Gasteiger partial charge on any atom is 0.0394 e. The molecule has 1 aliphatic rings. The predicted molar refractivity (Wildman–Crippen MR) is 26.1 cm³/mol. The summed E-state index contributed by atoms with van der Waals surface area (Å²) in [5.41, 5.74) is 0. The summed E-state index contributed by atoms with van der Waals surface area (Å²) in [7, 11) is 0. The summed E-state index contributed by atoms with van der Waals surface area (Å²) in [6, 6.07) is 0.741. The molecule has 1 aliphatic heterocycles. The Morgan fingerprint density at radius 2 is 2.17 bits per heavy atom. The van der Waals surface area contributed by atoms with E-state index in [2.05, 4.69) is 25.3 Å². The molecule has 1 unspecified atom stereocenters. The van der Waals surface area contributed by atoms with E-state index in [0.717, 1.165) is 6.04 Å². The second kappa shape index (κ2) is 1.23. The minimum absolute atomic E-state index is 0.741. The molecule has 1 saturated heterocycles. The molecule has 0 aliphatic carbocycles. The van der Waals surface area contributed by atoms with Gasteiger partial charge in [-0.2, -0.15) is 0 Å². The van der Waals surface area contributed by atoms with E-state index in [1.54, 1.807) is 0 Å². The average Bonchev–Trinajstić information content (AvgIpc) is 2.06. The third-order valence-corrected chi connectivity index (χ3v) is 1.06. The van der Waals surface area contributed by atoms with Gasteiger partial charge in [-0.05, 0) is 13.8 Å². The molecule has 1 radical (unpaired) electrons. The summed E-state index contributed by atoms with van der Waals surface area (Å²) in [6.45, 7) is 7.80. The Morgan fingerprint density at radius 1 is 1.67 bits per heavy atom. The van der Waals surface area contributed by atoms with Crippen molar-refractivity contribution in [2.24, 2.45) is 0 Å². The average molecular weight is 84.1 g/mol. The highest BCUT2D eigenvalue weighted by atomic mass is 15.3. The Kier molecular flexibility index (Phi) is 0.845. The monoisotopic (exact) mass is 84.1 g/mol. The lowest BCUT2D eigenvalue weighted by atomic mass is 10.4. The molecule has 0 aromatic heterocycles. The van der Waals surface area contributed by atoms with Crippen LogP contribution in [0.4, 0.5) is 0 Å². The Bertz CT molecular complexity index is 45.9. The lowest BCUT2D eigenvalue weighted by molar-refractivity contribution is 0.477. The smallest absolute Gasteiger partial charge is 0.0394 e. The normalized spacial score (nSPS) is 22.5. The number of hydrogen-bond donors (Lipinski definition) is 0. The second-order valence-corrected chi connectivity index (χ2v) is 1.97. The molecule has 0 aromatic carbocycles. The number of hydrogen-bond acceptors (Lipinski definition) is 1. The van der Waals surface area contributed by atoms with Crippen LogP contribution in [0.5, 0.6) is 0 Å². The SMILES string of the molecule is CC(C)N1[CH]C1. The summed E-state index contributed by atoms with van der Waals surface area (Å²) in [6.07, 6.45) is 0. The molecule has 0 aromatic rings. The molecule has 1 nitrogen and oxygen atoms in total. The van der Waals surface area contributed by atoms with Gasteiger partial charge in [-0.1, -0.05) is 0 Å². The Balaban J connectivity index is 2.13. The number of nitrogens with zero attached hydrogens (tertiary/aromatic N) is 1. The maximum atomic E-state index is 2.29. The van der Waals surface area contributed by atoms with Gasteiger partial charge in [0.1, 0.15) is 0 Å². The second-order valence-electron chi connectivity index (χ2n) is 1.97. The molecular weight excluding hydrogens is 74.1 g/mol. The van der Waals surface area contributed by atoms with Crippen LogP contribution in [0.2, 0.25) is 0 Å². The first-order valence-corrected chi connectivity index (χ1v) is 2.40. The van der Waals surface area contributed by atoms with E-state index in [1.165, 1.54) is 6.54 Å². The topological polar surface area (TPSA) is 3.01 Å². The molecule has 0 bridgehead atoms. The minimum atomic E-state index is 0.741. The van der Waals surface area contributed by atoms with Gasteiger partial charge in [0.25, 0.3) is 0 Å². The first-order chi connectivity index (χ1) is 2.80. The van der Waals surface area contributed by atoms with Crippen LogP contribution in [0.15, 0.2) is 0 Å². The van der Waals surface area contributed by atoms with Gasteiger partial charge in [0, 0.05) is 19.1 Å². The molecule has 0 spiro atoms. The summed E-state index contributed by atoms with van der Waals surface area (Å²) < 4.78 is 0. The van der Waals surface area contributed by atoms with E-state index in [1.807, 2.05) is 0 Å². The molecule has 1 atom stereocenters. The number of rotatable bonds is 1. The van der Waals surface area contributed by atoms with Gasteiger partial charge in [0.15, 0.2) is 0 Å². The van der Waals surface area contributed by atoms with Crippen molar-refractivity contribution in [3.63, 3.8) is 0 Å². The molecule has 0 saturated carbocycles. The zero-order valence-electron chi connectivity index (χ0n) is 4.31. The van der Waals surface area contributed by atoms with Crippen molar-refractivity contribution in [1.29, 1.82) is 0 Å². The molecule has 6 heavy (non-hydrogen) atoms. The lowest BCUT2D eigenvalue weighted by Gasteiger charge is -1.99. The first-order valence-electron chi connectivity index (χ1n) is 2.40. The lowest BCUT2D eigenvalue weighted by Crippen LogP contribution is -2.05. The predicted octanol–water partition coefficient (Wildman–Crippen LogP) is 0.872. The van der Waals surface area contributed by atoms with Gasteiger partial charge < -0.3 is 0 Å². The highest BCUT2D eigenvalue weighted by molar-refractivity contribution is 4.89. The standard InChI is InChI=1S/C5H10N/c1-5(2)6-3-4-6/h3,5H,4H2,1-2H3. The van der Waals surface area contributed by atoms with E-state index in [9.17, 15) is 0 Å². The summed E-state index contributed by atoms with van der Waals surface area (Å²) in [5.74, 6) is 0. The van der Waals surface area contributed by atoms with Crippen LogP contribution < -0.4 is 0 Å².